The first-order valence-electron chi connectivity index (χ1n) is 30.6. The van der Waals surface area contributed by atoms with Crippen molar-refractivity contribution in [2.45, 2.75) is 169 Å². The molecule has 26 nitrogen and oxygen atoms in total. The number of aromatic nitrogens is 1. The number of cyclic esters (lactones) is 2. The predicted molar refractivity (Wildman–Crippen MR) is 325 cm³/mol. The average Bonchev–Trinajstić information content (AvgIpc) is 0.992. The molecule has 0 radical (unpaired) electrons. The van der Waals surface area contributed by atoms with Crippen LogP contribution in [0.15, 0.2) is 21.3 Å². The molecule has 6 N–H and O–H groups in total. The van der Waals surface area contributed by atoms with Crippen LogP contribution in [0.4, 0.5) is 5.69 Å². The first kappa shape index (κ1) is 67.8. The minimum Gasteiger partial charge on any atom is -0.459 e. The summed E-state index contributed by atoms with van der Waals surface area (Å²) in [7, 11) is 5.87. The summed E-state index contributed by atoms with van der Waals surface area (Å²) >= 11 is 0. The molecule has 8 amide bonds. The van der Waals surface area contributed by atoms with Crippen molar-refractivity contribution in [1.29, 1.82) is 0 Å². The highest BCUT2D eigenvalue weighted by atomic mass is 16.6. The van der Waals surface area contributed by atoms with Crippen molar-refractivity contribution in [3.63, 3.8) is 0 Å². The van der Waals surface area contributed by atoms with Gasteiger partial charge in [0, 0.05) is 59.9 Å². The number of likely N-dealkylation sites (N-methyl/N-ethyl adjacent to an activating group) is 4. The largest absolute Gasteiger partial charge is 0.459 e. The van der Waals surface area contributed by atoms with Crippen molar-refractivity contribution < 1.29 is 61.8 Å². The first-order chi connectivity index (χ1) is 41.3. The maximum Gasteiger partial charge on any atom is 0.329 e. The number of aryl methyl sites for hydroxylation is 1. The van der Waals surface area contributed by atoms with E-state index < -0.39 is 136 Å². The molecule has 3 unspecified atom stereocenters. The van der Waals surface area contributed by atoms with Gasteiger partial charge in [-0.1, -0.05) is 61.5 Å². The lowest BCUT2D eigenvalue weighted by Crippen LogP contribution is -2.59. The zero-order chi connectivity index (χ0) is 65.2. The van der Waals surface area contributed by atoms with Crippen LogP contribution >= 0.6 is 0 Å². The molecular formula is C62H90N12O14. The van der Waals surface area contributed by atoms with E-state index >= 15 is 9.59 Å². The van der Waals surface area contributed by atoms with Gasteiger partial charge in [0.1, 0.15) is 47.6 Å². The summed E-state index contributed by atoms with van der Waals surface area (Å²) in [5.41, 5.74) is 5.08. The topological polar surface area (TPSA) is 326 Å². The van der Waals surface area contributed by atoms with Crippen LogP contribution in [0.5, 0.6) is 0 Å². The Hall–Kier alpha value is -7.74. The smallest absolute Gasteiger partial charge is 0.329 e. The fourth-order valence-corrected chi connectivity index (χ4v) is 12.4. The molecule has 0 bridgehead atoms. The molecule has 0 spiro atoms. The van der Waals surface area contributed by atoms with Crippen molar-refractivity contribution in [1.82, 2.24) is 55.7 Å². The number of nitrogens with zero attached hydrogens (tertiary/aromatic N) is 7. The number of esters is 2. The molecule has 4 saturated heterocycles. The van der Waals surface area contributed by atoms with Gasteiger partial charge in [-0.15, -0.1) is 0 Å². The molecule has 26 heteroatoms. The van der Waals surface area contributed by atoms with Gasteiger partial charge in [-0.2, -0.15) is 0 Å². The molecule has 88 heavy (non-hydrogen) atoms. The van der Waals surface area contributed by atoms with Crippen LogP contribution in [-0.2, 0) is 47.8 Å². The summed E-state index contributed by atoms with van der Waals surface area (Å²) < 4.78 is 18.7. The number of carbonyl (C=O) groups excluding carboxylic acids is 10. The number of amides is 8. The highest BCUT2D eigenvalue weighted by Gasteiger charge is 2.45. The van der Waals surface area contributed by atoms with Crippen molar-refractivity contribution >= 4 is 76.0 Å². The number of hydrogen-bond donors (Lipinski definition) is 5. The van der Waals surface area contributed by atoms with Crippen LogP contribution in [-0.4, -0.2) is 222 Å². The van der Waals surface area contributed by atoms with E-state index in [2.05, 4.69) is 21.3 Å². The molecular weight excluding hydrogens is 1140 g/mol. The lowest BCUT2D eigenvalue weighted by molar-refractivity contribution is -0.162. The predicted octanol–water partition coefficient (Wildman–Crippen LogP) is 1.67. The molecule has 10 atom stereocenters. The van der Waals surface area contributed by atoms with Gasteiger partial charge in [0.15, 0.2) is 11.3 Å². The van der Waals surface area contributed by atoms with E-state index in [0.29, 0.717) is 37.8 Å². The standard InChI is InChI=1S/C62H90N12O14/c1-29(2)46-59(82)73-23-17-19-40(73)57(80)69(13)27-42(75)71(15)50(31(5)6)61(84)86-35(11)38(25-64-46)66-55(78)37-22-21-33(9)53-48(37)68-49-44(45(63)52(77)34(10)54(49)88-53)56(79)67-39-26-65-47(30(3)4)60(83)74-24-18-20-41(74)58(81)70(14)28-43(76)72(16)51(32(7)8)62(85)87-36(39)12/h21-22,29-32,35-36,38-41,46-47,50-51,64-65H,17-20,23-28,63H2,1-16H3,(H,66,78)(H,67,79)/t35-,36-,38-,39-,40+,41+,46?,47?,50+,51?/m1/s1. The third kappa shape index (κ3) is 13.9. The zero-order valence-corrected chi connectivity index (χ0v) is 53.7. The maximum atomic E-state index is 15.2. The van der Waals surface area contributed by atoms with Crippen LogP contribution in [0.25, 0.3) is 22.6 Å². The fourth-order valence-electron chi connectivity index (χ4n) is 12.4. The number of nitrogen functional groups attached to an aromatic ring is 1. The van der Waals surface area contributed by atoms with E-state index in [0.717, 1.165) is 0 Å². The molecule has 1 aromatic rings. The average molecular weight is 1230 g/mol. The summed E-state index contributed by atoms with van der Waals surface area (Å²) in [6.07, 6.45) is -0.431. The molecule has 5 heterocycles. The Morgan fingerprint density at radius 1 is 0.625 bits per heavy atom. The highest BCUT2D eigenvalue weighted by Crippen LogP contribution is 2.35. The second kappa shape index (κ2) is 27.8. The normalized spacial score (nSPS) is 26.7. The van der Waals surface area contributed by atoms with Gasteiger partial charge in [-0.25, -0.2) is 14.6 Å². The Balaban J connectivity index is 1.29. The van der Waals surface area contributed by atoms with Crippen molar-refractivity contribution in [2.24, 2.45) is 23.7 Å². The summed E-state index contributed by atoms with van der Waals surface area (Å²) in [5, 5.41) is 12.5. The van der Waals surface area contributed by atoms with Gasteiger partial charge < -0.3 is 70.3 Å². The van der Waals surface area contributed by atoms with Crippen LogP contribution in [0.2, 0.25) is 0 Å². The molecule has 4 fully saturated rings. The number of benzene rings is 2. The lowest BCUT2D eigenvalue weighted by atomic mass is 9.98. The number of nitrogens with two attached hydrogens (primary N) is 1. The van der Waals surface area contributed by atoms with Gasteiger partial charge in [-0.05, 0) is 88.7 Å². The van der Waals surface area contributed by atoms with Crippen LogP contribution in [0.3, 0.4) is 0 Å². The maximum absolute atomic E-state index is 15.2. The molecule has 1 aromatic carbocycles. The third-order valence-corrected chi connectivity index (χ3v) is 17.7. The minimum atomic E-state index is -1.18. The Bertz CT molecular complexity index is 3240. The molecule has 1 aliphatic carbocycles. The van der Waals surface area contributed by atoms with E-state index in [1.54, 1.807) is 47.6 Å². The Morgan fingerprint density at radius 3 is 1.48 bits per heavy atom. The minimum absolute atomic E-state index is 0.00587. The van der Waals surface area contributed by atoms with Crippen LogP contribution in [0, 0.1) is 37.5 Å². The van der Waals surface area contributed by atoms with E-state index in [1.807, 2.05) is 27.7 Å². The van der Waals surface area contributed by atoms with Gasteiger partial charge in [0.25, 0.3) is 11.8 Å². The second-order valence-corrected chi connectivity index (χ2v) is 25.6. The molecule has 482 valence electrons. The van der Waals surface area contributed by atoms with Gasteiger partial charge in [0.2, 0.25) is 40.9 Å². The number of hydrogen-bond acceptors (Lipinski definition) is 18. The summed E-state index contributed by atoms with van der Waals surface area (Å²) in [6.45, 7) is 20.0. The van der Waals surface area contributed by atoms with Gasteiger partial charge in [-0.3, -0.25) is 43.2 Å². The SMILES string of the molecule is Cc1c2oc3c(C)ccc(C(=O)N[C@@H]4CNC(C(C)C)C(=O)N5CCC[C@H]5C(=O)N(C)CC(=O)N(C)[C@@H](C(C)C)C(=O)O[C@@H]4C)c3nc-2c(C(=O)N[C@@H]2CNC(C(C)C)C(=O)N3CCC[C@H]3C(=O)N(C)CC(=O)N(C)C(C(C)C)C(=O)O[C@@H]2C)c(N)c1=O. The number of ether oxygens (including phenoxy) is 2. The van der Waals surface area contributed by atoms with Crippen LogP contribution < -0.4 is 32.4 Å². The summed E-state index contributed by atoms with van der Waals surface area (Å²) in [5.74, 6) is -7.73. The highest BCUT2D eigenvalue weighted by molar-refractivity contribution is 6.09. The van der Waals surface area contributed by atoms with E-state index in [9.17, 15) is 43.2 Å². The Labute approximate surface area is 513 Å². The second-order valence-electron chi connectivity index (χ2n) is 25.6. The number of nitrogens with one attached hydrogen (secondary N) is 4. The molecule has 6 aliphatic rings. The van der Waals surface area contributed by atoms with E-state index in [4.69, 9.17) is 24.6 Å². The number of rotatable bonds is 8. The quantitative estimate of drug-likeness (QED) is 0.122. The fraction of sp³-hybridized carbons (Fsp3) is 0.645. The molecule has 0 aromatic heterocycles. The van der Waals surface area contributed by atoms with E-state index in [-0.39, 0.29) is 90.1 Å². The molecule has 0 saturated carbocycles. The number of anilines is 1. The summed E-state index contributed by atoms with van der Waals surface area (Å²) in [6, 6.07) is -4.88. The van der Waals surface area contributed by atoms with Crippen molar-refractivity contribution in [3.8, 4) is 11.5 Å². The Morgan fingerprint density at radius 2 is 1.06 bits per heavy atom. The number of fused-ring (bicyclic) bond motifs is 4. The van der Waals surface area contributed by atoms with Gasteiger partial charge >= 0.3 is 11.9 Å². The van der Waals surface area contributed by atoms with Crippen molar-refractivity contribution in [3.05, 3.63) is 44.6 Å². The van der Waals surface area contributed by atoms with E-state index in [1.165, 1.54) is 77.5 Å². The third-order valence-electron chi connectivity index (χ3n) is 17.7. The van der Waals surface area contributed by atoms with Gasteiger partial charge in [0.05, 0.1) is 54.1 Å². The van der Waals surface area contributed by atoms with Crippen molar-refractivity contribution in [2.75, 3.05) is 73.2 Å². The monoisotopic (exact) mass is 1230 g/mol. The first-order valence-corrected chi connectivity index (χ1v) is 30.6. The molecule has 5 aliphatic heterocycles. The van der Waals surface area contributed by atoms with Crippen LogP contribution in [0.1, 0.15) is 127 Å². The zero-order valence-electron chi connectivity index (χ0n) is 53.7. The Kier molecular flexibility index (Phi) is 21.4. The lowest BCUT2D eigenvalue weighted by Gasteiger charge is -2.36. The number of carbonyl (C=O) groups is 10. The molecule has 7 rings (SSSR count). The summed E-state index contributed by atoms with van der Waals surface area (Å²) in [4.78, 5) is 170.